The van der Waals surface area contributed by atoms with Gasteiger partial charge in [0.2, 0.25) is 0 Å². The number of benzene rings is 1. The zero-order chi connectivity index (χ0) is 16.9. The van der Waals surface area contributed by atoms with Gasteiger partial charge in [0.15, 0.2) is 0 Å². The second-order valence-electron chi connectivity index (χ2n) is 6.14. The first kappa shape index (κ1) is 16.7. The lowest BCUT2D eigenvalue weighted by molar-refractivity contribution is 0.0680. The minimum Gasteiger partial charge on any atom is -0.383 e. The maximum atomic E-state index is 12.6. The first-order valence-electron chi connectivity index (χ1n) is 8.31. The van der Waals surface area contributed by atoms with Crippen LogP contribution in [0, 0.1) is 0 Å². The second-order valence-corrected chi connectivity index (χ2v) is 6.14. The summed E-state index contributed by atoms with van der Waals surface area (Å²) in [5, 5.41) is 4.03. The molecule has 1 N–H and O–H groups in total. The monoisotopic (exact) mass is 328 g/mol. The summed E-state index contributed by atoms with van der Waals surface area (Å²) in [6.45, 7) is 6.04. The summed E-state index contributed by atoms with van der Waals surface area (Å²) in [4.78, 5) is 21.1. The highest BCUT2D eigenvalue weighted by molar-refractivity contribution is 5.99. The van der Waals surface area contributed by atoms with Crippen LogP contribution in [0.4, 0.5) is 10.5 Å². The van der Waals surface area contributed by atoms with Crippen molar-refractivity contribution in [3.63, 3.8) is 0 Å². The van der Waals surface area contributed by atoms with Crippen LogP contribution in [-0.4, -0.2) is 66.8 Å². The van der Waals surface area contributed by atoms with E-state index in [0.29, 0.717) is 12.6 Å². The smallest absolute Gasteiger partial charge is 0.321 e. The SMILES string of the molecule is COC[C@@H](C)N1CCN(C(=O)Nc2cccc3cccnc23)CC1. The van der Waals surface area contributed by atoms with Gasteiger partial charge in [-0.25, -0.2) is 4.79 Å². The van der Waals surface area contributed by atoms with Gasteiger partial charge in [0.25, 0.3) is 0 Å². The average molecular weight is 328 g/mol. The molecule has 128 valence electrons. The van der Waals surface area contributed by atoms with Crippen LogP contribution >= 0.6 is 0 Å². The average Bonchev–Trinajstić information content (AvgIpc) is 2.62. The lowest BCUT2D eigenvalue weighted by Crippen LogP contribution is -2.53. The predicted octanol–water partition coefficient (Wildman–Crippen LogP) is 2.42. The molecule has 0 saturated carbocycles. The summed E-state index contributed by atoms with van der Waals surface area (Å²) in [5.41, 5.74) is 1.58. The summed E-state index contributed by atoms with van der Waals surface area (Å²) in [5.74, 6) is 0. The van der Waals surface area contributed by atoms with Gasteiger partial charge in [0, 0.05) is 50.9 Å². The number of amides is 2. The van der Waals surface area contributed by atoms with Gasteiger partial charge in [-0.15, -0.1) is 0 Å². The number of methoxy groups -OCH3 is 1. The van der Waals surface area contributed by atoms with E-state index in [2.05, 4.69) is 22.1 Å². The van der Waals surface area contributed by atoms with Crippen molar-refractivity contribution in [2.75, 3.05) is 45.2 Å². The molecule has 1 aliphatic heterocycles. The highest BCUT2D eigenvalue weighted by atomic mass is 16.5. The van der Waals surface area contributed by atoms with E-state index in [0.717, 1.165) is 42.8 Å². The Labute approximate surface area is 142 Å². The largest absolute Gasteiger partial charge is 0.383 e. The molecule has 1 aromatic carbocycles. The van der Waals surface area contributed by atoms with Gasteiger partial charge in [0.1, 0.15) is 0 Å². The molecule has 0 spiro atoms. The molecule has 2 amide bonds. The third-order valence-corrected chi connectivity index (χ3v) is 4.51. The maximum absolute atomic E-state index is 12.6. The van der Waals surface area contributed by atoms with E-state index in [9.17, 15) is 4.79 Å². The lowest BCUT2D eigenvalue weighted by atomic mass is 10.2. The molecule has 1 fully saturated rings. The Morgan fingerprint density at radius 3 is 2.75 bits per heavy atom. The zero-order valence-corrected chi connectivity index (χ0v) is 14.2. The van der Waals surface area contributed by atoms with Gasteiger partial charge in [-0.05, 0) is 19.1 Å². The standard InChI is InChI=1S/C18H24N4O2/c1-14(13-24-2)21-9-11-22(12-10-21)18(23)20-16-7-3-5-15-6-4-8-19-17(15)16/h3-8,14H,9-13H2,1-2H3,(H,20,23)/t14-/m1/s1. The molecule has 2 aromatic rings. The molecule has 0 radical (unpaired) electrons. The molecule has 2 heterocycles. The number of anilines is 1. The van der Waals surface area contributed by atoms with Crippen LogP contribution in [0.15, 0.2) is 36.5 Å². The predicted molar refractivity (Wildman–Crippen MR) is 95.2 cm³/mol. The number of ether oxygens (including phenoxy) is 1. The van der Waals surface area contributed by atoms with Gasteiger partial charge in [-0.2, -0.15) is 0 Å². The number of piperazine rings is 1. The Hall–Kier alpha value is -2.18. The summed E-state index contributed by atoms with van der Waals surface area (Å²) in [6, 6.07) is 10.0. The molecule has 6 heteroatoms. The van der Waals surface area contributed by atoms with Crippen molar-refractivity contribution < 1.29 is 9.53 Å². The molecule has 6 nitrogen and oxygen atoms in total. The zero-order valence-electron chi connectivity index (χ0n) is 14.2. The minimum absolute atomic E-state index is 0.0628. The first-order chi connectivity index (χ1) is 11.7. The van der Waals surface area contributed by atoms with Crippen LogP contribution < -0.4 is 5.32 Å². The van der Waals surface area contributed by atoms with Gasteiger partial charge < -0.3 is 15.0 Å². The maximum Gasteiger partial charge on any atom is 0.321 e. The number of hydrogen-bond donors (Lipinski definition) is 1. The van der Waals surface area contributed by atoms with E-state index in [4.69, 9.17) is 4.74 Å². The van der Waals surface area contributed by atoms with Crippen molar-refractivity contribution in [2.24, 2.45) is 0 Å². The lowest BCUT2D eigenvalue weighted by Gasteiger charge is -2.37. The Balaban J connectivity index is 1.62. The fraction of sp³-hybridized carbons (Fsp3) is 0.444. The van der Waals surface area contributed by atoms with E-state index >= 15 is 0 Å². The molecule has 1 atom stereocenters. The van der Waals surface area contributed by atoms with Gasteiger partial charge in [0.05, 0.1) is 17.8 Å². The van der Waals surface area contributed by atoms with Gasteiger partial charge >= 0.3 is 6.03 Å². The Bertz CT molecular complexity index is 693. The quantitative estimate of drug-likeness (QED) is 0.936. The van der Waals surface area contributed by atoms with Crippen molar-refractivity contribution in [1.29, 1.82) is 0 Å². The molecule has 0 bridgehead atoms. The number of aromatic nitrogens is 1. The number of rotatable bonds is 4. The molecule has 0 unspecified atom stereocenters. The summed E-state index contributed by atoms with van der Waals surface area (Å²) in [6.07, 6.45) is 1.74. The number of para-hydroxylation sites is 1. The van der Waals surface area contributed by atoms with Crippen LogP contribution in [0.2, 0.25) is 0 Å². The topological polar surface area (TPSA) is 57.7 Å². The molecule has 1 aromatic heterocycles. The van der Waals surface area contributed by atoms with Crippen molar-refractivity contribution in [1.82, 2.24) is 14.8 Å². The highest BCUT2D eigenvalue weighted by Crippen LogP contribution is 2.21. The number of hydrogen-bond acceptors (Lipinski definition) is 4. The van der Waals surface area contributed by atoms with E-state index < -0.39 is 0 Å². The van der Waals surface area contributed by atoms with Crippen LogP contribution in [-0.2, 0) is 4.74 Å². The molecular weight excluding hydrogens is 304 g/mol. The minimum atomic E-state index is -0.0628. The fourth-order valence-corrected chi connectivity index (χ4v) is 3.11. The summed E-state index contributed by atoms with van der Waals surface area (Å²) < 4.78 is 5.21. The third kappa shape index (κ3) is 3.66. The summed E-state index contributed by atoms with van der Waals surface area (Å²) >= 11 is 0. The van der Waals surface area contributed by atoms with Gasteiger partial charge in [-0.3, -0.25) is 9.88 Å². The Kier molecular flexibility index (Phi) is 5.27. The van der Waals surface area contributed by atoms with Crippen LogP contribution in [0.3, 0.4) is 0 Å². The Morgan fingerprint density at radius 2 is 2.00 bits per heavy atom. The molecule has 1 aliphatic rings. The molecule has 0 aliphatic carbocycles. The van der Waals surface area contributed by atoms with Crippen LogP contribution in [0.25, 0.3) is 10.9 Å². The molecule has 3 rings (SSSR count). The number of urea groups is 1. The van der Waals surface area contributed by atoms with Crippen LogP contribution in [0.5, 0.6) is 0 Å². The van der Waals surface area contributed by atoms with E-state index in [1.54, 1.807) is 13.3 Å². The summed E-state index contributed by atoms with van der Waals surface area (Å²) in [7, 11) is 1.72. The number of pyridine rings is 1. The van der Waals surface area contributed by atoms with Gasteiger partial charge in [-0.1, -0.05) is 18.2 Å². The first-order valence-corrected chi connectivity index (χ1v) is 8.31. The number of carbonyl (C=O) groups excluding carboxylic acids is 1. The second kappa shape index (κ2) is 7.59. The van der Waals surface area contributed by atoms with E-state index in [1.807, 2.05) is 35.2 Å². The number of nitrogens with one attached hydrogen (secondary N) is 1. The molecular formula is C18H24N4O2. The molecule has 24 heavy (non-hydrogen) atoms. The molecule has 1 saturated heterocycles. The number of nitrogens with zero attached hydrogens (tertiary/aromatic N) is 3. The number of carbonyl (C=O) groups is 1. The van der Waals surface area contributed by atoms with Crippen molar-refractivity contribution >= 4 is 22.6 Å². The van der Waals surface area contributed by atoms with E-state index in [1.165, 1.54) is 0 Å². The number of fused-ring (bicyclic) bond motifs is 1. The van der Waals surface area contributed by atoms with E-state index in [-0.39, 0.29) is 6.03 Å². The van der Waals surface area contributed by atoms with Crippen molar-refractivity contribution in [3.8, 4) is 0 Å². The highest BCUT2D eigenvalue weighted by Gasteiger charge is 2.24. The normalized spacial score (nSPS) is 17.0. The Morgan fingerprint density at radius 1 is 1.25 bits per heavy atom. The van der Waals surface area contributed by atoms with Crippen molar-refractivity contribution in [3.05, 3.63) is 36.5 Å². The van der Waals surface area contributed by atoms with Crippen molar-refractivity contribution in [2.45, 2.75) is 13.0 Å². The fourth-order valence-electron chi connectivity index (χ4n) is 3.11. The van der Waals surface area contributed by atoms with Crippen LogP contribution in [0.1, 0.15) is 6.92 Å². The third-order valence-electron chi connectivity index (χ3n) is 4.51.